The number of benzene rings is 1. The molecule has 0 saturated heterocycles. The second-order valence-corrected chi connectivity index (χ2v) is 6.40. The molecule has 1 unspecified atom stereocenters. The first kappa shape index (κ1) is 15.3. The summed E-state index contributed by atoms with van der Waals surface area (Å²) in [6.07, 6.45) is 0.681. The van der Waals surface area contributed by atoms with Crippen LogP contribution in [0.5, 0.6) is 5.75 Å². The van der Waals surface area contributed by atoms with Crippen LogP contribution in [-0.2, 0) is 6.42 Å². The summed E-state index contributed by atoms with van der Waals surface area (Å²) < 4.78 is 19.1. The zero-order valence-corrected chi connectivity index (χ0v) is 12.1. The average Bonchev–Trinajstić information content (AvgIpc) is 2.25. The Morgan fingerprint density at radius 3 is 2.61 bits per heavy atom. The van der Waals surface area contributed by atoms with E-state index in [-0.39, 0.29) is 11.9 Å². The largest absolute Gasteiger partial charge is 0.490 e. The van der Waals surface area contributed by atoms with E-state index in [4.69, 9.17) is 10.5 Å². The molecular weight excluding hydrogens is 249 g/mol. The maximum absolute atomic E-state index is 13.7. The monoisotopic (exact) mass is 271 g/mol. The molecule has 0 bridgehead atoms. The van der Waals surface area contributed by atoms with Crippen LogP contribution in [-0.4, -0.2) is 23.7 Å². The van der Waals surface area contributed by atoms with Gasteiger partial charge in [0.15, 0.2) is 11.6 Å². The van der Waals surface area contributed by atoms with Gasteiger partial charge in [0.25, 0.3) is 0 Å². The minimum Gasteiger partial charge on any atom is -0.490 e. The lowest BCUT2D eigenvalue weighted by atomic mass is 10.1. The molecule has 102 valence electrons. The van der Waals surface area contributed by atoms with Crippen molar-refractivity contribution in [3.05, 3.63) is 29.6 Å². The minimum atomic E-state index is -0.303. The number of thioether (sulfide) groups is 1. The van der Waals surface area contributed by atoms with Crippen LogP contribution in [0.15, 0.2) is 18.2 Å². The normalized spacial score (nSPS) is 12.8. The highest BCUT2D eigenvalue weighted by molar-refractivity contribution is 7.99. The molecule has 0 saturated carbocycles. The van der Waals surface area contributed by atoms with Crippen LogP contribution >= 0.6 is 11.8 Å². The number of nitrogens with two attached hydrogens (primary N) is 1. The molecule has 2 nitrogen and oxygen atoms in total. The van der Waals surface area contributed by atoms with Gasteiger partial charge in [0.2, 0.25) is 0 Å². The maximum atomic E-state index is 13.7. The summed E-state index contributed by atoms with van der Waals surface area (Å²) in [6, 6.07) is 5.11. The van der Waals surface area contributed by atoms with Gasteiger partial charge in [0, 0.05) is 11.8 Å². The zero-order valence-electron chi connectivity index (χ0n) is 11.3. The third-order valence-electron chi connectivity index (χ3n) is 2.35. The van der Waals surface area contributed by atoms with Gasteiger partial charge in [-0.2, -0.15) is 11.8 Å². The molecule has 1 aromatic rings. The molecule has 2 N–H and O–H groups in total. The highest BCUT2D eigenvalue weighted by Gasteiger charge is 2.06. The van der Waals surface area contributed by atoms with Gasteiger partial charge in [-0.15, -0.1) is 0 Å². The Hall–Kier alpha value is -0.740. The van der Waals surface area contributed by atoms with Crippen molar-refractivity contribution in [3.63, 3.8) is 0 Å². The molecule has 0 heterocycles. The van der Waals surface area contributed by atoms with E-state index in [9.17, 15) is 4.39 Å². The highest BCUT2D eigenvalue weighted by Crippen LogP contribution is 2.19. The molecule has 4 heteroatoms. The first-order valence-corrected chi connectivity index (χ1v) is 7.32. The summed E-state index contributed by atoms with van der Waals surface area (Å²) in [5.74, 6) is 0.897. The fraction of sp³-hybridized carbons (Fsp3) is 0.571. The topological polar surface area (TPSA) is 35.2 Å². The van der Waals surface area contributed by atoms with Gasteiger partial charge >= 0.3 is 0 Å². The Kier molecular flexibility index (Phi) is 6.50. The Labute approximate surface area is 113 Å². The Morgan fingerprint density at radius 1 is 1.33 bits per heavy atom. The van der Waals surface area contributed by atoms with Gasteiger partial charge in [-0.1, -0.05) is 19.9 Å². The second kappa shape index (κ2) is 7.64. The molecule has 0 amide bonds. The van der Waals surface area contributed by atoms with Gasteiger partial charge < -0.3 is 10.5 Å². The highest BCUT2D eigenvalue weighted by atomic mass is 32.2. The number of ether oxygens (including phenoxy) is 1. The molecule has 0 fully saturated rings. The Bertz CT molecular complexity index is 369. The van der Waals surface area contributed by atoms with Crippen LogP contribution in [0.1, 0.15) is 26.3 Å². The summed E-state index contributed by atoms with van der Waals surface area (Å²) in [4.78, 5) is 0. The molecule has 1 rings (SSSR count). The Balaban J connectivity index is 2.47. The summed E-state index contributed by atoms with van der Waals surface area (Å²) in [5, 5.41) is 0.576. The van der Waals surface area contributed by atoms with Crippen LogP contribution < -0.4 is 10.5 Å². The SMILES string of the molecule is CC(N)Cc1ccc(OCCSC(C)C)c(F)c1. The zero-order chi connectivity index (χ0) is 13.5. The predicted molar refractivity (Wildman–Crippen MR) is 76.8 cm³/mol. The van der Waals surface area contributed by atoms with E-state index in [1.165, 1.54) is 6.07 Å². The van der Waals surface area contributed by atoms with E-state index in [1.54, 1.807) is 17.8 Å². The smallest absolute Gasteiger partial charge is 0.165 e. The molecule has 1 aromatic carbocycles. The van der Waals surface area contributed by atoms with Crippen LogP contribution in [0.4, 0.5) is 4.39 Å². The fourth-order valence-corrected chi connectivity index (χ4v) is 2.25. The van der Waals surface area contributed by atoms with Gasteiger partial charge in [-0.3, -0.25) is 0 Å². The first-order valence-electron chi connectivity index (χ1n) is 6.27. The van der Waals surface area contributed by atoms with E-state index in [0.717, 1.165) is 11.3 Å². The predicted octanol–water partition coefficient (Wildman–Crippen LogP) is 3.24. The van der Waals surface area contributed by atoms with E-state index in [2.05, 4.69) is 13.8 Å². The van der Waals surface area contributed by atoms with Crippen LogP contribution in [0.25, 0.3) is 0 Å². The number of rotatable bonds is 7. The van der Waals surface area contributed by atoms with Crippen molar-refractivity contribution in [1.82, 2.24) is 0 Å². The van der Waals surface area contributed by atoms with Crippen LogP contribution in [0.2, 0.25) is 0 Å². The molecular formula is C14H22FNOS. The number of hydrogen-bond donors (Lipinski definition) is 1. The van der Waals surface area contributed by atoms with Crippen molar-refractivity contribution in [2.45, 2.75) is 38.5 Å². The maximum Gasteiger partial charge on any atom is 0.165 e. The lowest BCUT2D eigenvalue weighted by molar-refractivity contribution is 0.324. The van der Waals surface area contributed by atoms with Crippen molar-refractivity contribution in [2.24, 2.45) is 5.73 Å². The first-order chi connectivity index (χ1) is 8.49. The molecule has 18 heavy (non-hydrogen) atoms. The molecule has 0 spiro atoms. The van der Waals surface area contributed by atoms with E-state index in [0.29, 0.717) is 24.0 Å². The van der Waals surface area contributed by atoms with E-state index < -0.39 is 0 Å². The van der Waals surface area contributed by atoms with Crippen LogP contribution in [0, 0.1) is 5.82 Å². The lowest BCUT2D eigenvalue weighted by Gasteiger charge is -2.10. The fourth-order valence-electron chi connectivity index (χ4n) is 1.60. The van der Waals surface area contributed by atoms with Crippen molar-refractivity contribution >= 4 is 11.8 Å². The van der Waals surface area contributed by atoms with Gasteiger partial charge in [-0.05, 0) is 36.3 Å². The molecule has 0 radical (unpaired) electrons. The van der Waals surface area contributed by atoms with Crippen molar-refractivity contribution in [2.75, 3.05) is 12.4 Å². The molecule has 0 aromatic heterocycles. The van der Waals surface area contributed by atoms with Gasteiger partial charge in [0.1, 0.15) is 0 Å². The van der Waals surface area contributed by atoms with Gasteiger partial charge in [0.05, 0.1) is 6.61 Å². The molecule has 1 atom stereocenters. The number of hydrogen-bond acceptors (Lipinski definition) is 3. The van der Waals surface area contributed by atoms with Gasteiger partial charge in [-0.25, -0.2) is 4.39 Å². The lowest BCUT2D eigenvalue weighted by Crippen LogP contribution is -2.17. The van der Waals surface area contributed by atoms with Crippen LogP contribution in [0.3, 0.4) is 0 Å². The summed E-state index contributed by atoms with van der Waals surface area (Å²) in [5.41, 5.74) is 6.59. The summed E-state index contributed by atoms with van der Waals surface area (Å²) in [6.45, 7) is 6.71. The van der Waals surface area contributed by atoms with Crippen molar-refractivity contribution < 1.29 is 9.13 Å². The van der Waals surface area contributed by atoms with Crippen molar-refractivity contribution in [3.8, 4) is 5.75 Å². The quantitative estimate of drug-likeness (QED) is 0.773. The average molecular weight is 271 g/mol. The second-order valence-electron chi connectivity index (χ2n) is 4.71. The Morgan fingerprint density at radius 2 is 2.06 bits per heavy atom. The van der Waals surface area contributed by atoms with E-state index >= 15 is 0 Å². The third kappa shape index (κ3) is 5.74. The number of halogens is 1. The molecule has 0 aliphatic heterocycles. The minimum absolute atomic E-state index is 0.0404. The van der Waals surface area contributed by atoms with E-state index in [1.807, 2.05) is 13.0 Å². The standard InChI is InChI=1S/C14H22FNOS/c1-10(2)18-7-6-17-14-5-4-12(8-11(3)16)9-13(14)15/h4-5,9-11H,6-8,16H2,1-3H3. The third-order valence-corrected chi connectivity index (χ3v) is 3.42. The summed E-state index contributed by atoms with van der Waals surface area (Å²) >= 11 is 1.80. The molecule has 0 aliphatic carbocycles. The molecule has 0 aliphatic rings. The summed E-state index contributed by atoms with van der Waals surface area (Å²) in [7, 11) is 0. The van der Waals surface area contributed by atoms with Crippen molar-refractivity contribution in [1.29, 1.82) is 0 Å².